The molecule has 9 heteroatoms. The van der Waals surface area contributed by atoms with Gasteiger partial charge in [0.15, 0.2) is 0 Å². The van der Waals surface area contributed by atoms with Crippen LogP contribution in [0.25, 0.3) is 0 Å². The van der Waals surface area contributed by atoms with Gasteiger partial charge in [0, 0.05) is 0 Å². The van der Waals surface area contributed by atoms with Gasteiger partial charge in [-0.25, -0.2) is 4.79 Å². The summed E-state index contributed by atoms with van der Waals surface area (Å²) >= 11 is 5.16. The van der Waals surface area contributed by atoms with Gasteiger partial charge in [0.25, 0.3) is 5.17 Å². The summed E-state index contributed by atoms with van der Waals surface area (Å²) in [5.74, 6) is 0. The van der Waals surface area contributed by atoms with Gasteiger partial charge in [0.05, 0.1) is 12.6 Å². The monoisotopic (exact) mass is 432 g/mol. The number of aliphatic hydroxyl groups excluding tert-OH is 3. The van der Waals surface area contributed by atoms with E-state index in [-0.39, 0.29) is 11.8 Å². The Kier molecular flexibility index (Phi) is 10.4. The topological polar surface area (TPSA) is 111 Å². The fourth-order valence-corrected chi connectivity index (χ4v) is 4.09. The highest BCUT2D eigenvalue weighted by Crippen LogP contribution is 2.28. The van der Waals surface area contributed by atoms with Crippen molar-refractivity contribution in [3.05, 3.63) is 0 Å². The molecule has 0 aromatic rings. The number of cyclic esters (lactones) is 1. The zero-order chi connectivity index (χ0) is 21.2. The van der Waals surface area contributed by atoms with Gasteiger partial charge in [-0.2, -0.15) is 0 Å². The van der Waals surface area contributed by atoms with Crippen molar-refractivity contribution in [1.29, 1.82) is 0 Å². The fourth-order valence-electron chi connectivity index (χ4n) is 3.88. The normalized spacial score (nSPS) is 28.8. The van der Waals surface area contributed by atoms with E-state index < -0.39 is 36.6 Å². The Morgan fingerprint density at radius 3 is 2.24 bits per heavy atom. The Hall–Kier alpha value is -1.16. The van der Waals surface area contributed by atoms with Gasteiger partial charge in [-0.15, -0.1) is 0 Å². The number of hydrogen-bond donors (Lipinski definition) is 4. The van der Waals surface area contributed by atoms with Crippen LogP contribution in [0.3, 0.4) is 0 Å². The number of thiocarbonyl (C=S) groups is 1. The Morgan fingerprint density at radius 1 is 1.03 bits per heavy atom. The van der Waals surface area contributed by atoms with Crippen molar-refractivity contribution in [1.82, 2.24) is 10.2 Å². The molecule has 0 saturated carbocycles. The third kappa shape index (κ3) is 6.94. The van der Waals surface area contributed by atoms with Crippen molar-refractivity contribution in [2.24, 2.45) is 0 Å². The van der Waals surface area contributed by atoms with Crippen LogP contribution in [0.2, 0.25) is 0 Å². The summed E-state index contributed by atoms with van der Waals surface area (Å²) in [7, 11) is 0. The number of aliphatic hydroxyl groups is 3. The van der Waals surface area contributed by atoms with Gasteiger partial charge in [0.2, 0.25) is 0 Å². The smallest absolute Gasteiger partial charge is 0.412 e. The Bertz CT molecular complexity index is 523. The molecule has 2 saturated heterocycles. The summed E-state index contributed by atoms with van der Waals surface area (Å²) in [6.45, 7) is 2.63. The number of rotatable bonds is 12. The van der Waals surface area contributed by atoms with Crippen molar-refractivity contribution in [3.8, 4) is 0 Å². The third-order valence-corrected chi connectivity index (χ3v) is 5.90. The van der Waals surface area contributed by atoms with E-state index in [1.165, 1.54) is 56.3 Å². The molecule has 0 spiro atoms. The Labute approximate surface area is 178 Å². The summed E-state index contributed by atoms with van der Waals surface area (Å²) in [4.78, 5) is 13.1. The Morgan fingerprint density at radius 2 is 1.62 bits per heavy atom. The molecule has 168 valence electrons. The van der Waals surface area contributed by atoms with E-state index in [4.69, 9.17) is 21.7 Å². The highest BCUT2D eigenvalue weighted by molar-refractivity contribution is 7.80. The third-order valence-electron chi connectivity index (χ3n) is 5.66. The number of amides is 1. The van der Waals surface area contributed by atoms with Crippen LogP contribution in [-0.4, -0.2) is 75.2 Å². The average molecular weight is 433 g/mol. The maximum atomic E-state index is 11.9. The lowest BCUT2D eigenvalue weighted by Gasteiger charge is -2.44. The van der Waals surface area contributed by atoms with E-state index >= 15 is 0 Å². The summed E-state index contributed by atoms with van der Waals surface area (Å²) in [5, 5.41) is 33.1. The quantitative estimate of drug-likeness (QED) is 0.274. The second-order valence-corrected chi connectivity index (χ2v) is 8.30. The number of fused-ring (bicyclic) bond motifs is 1. The van der Waals surface area contributed by atoms with Crippen molar-refractivity contribution < 1.29 is 29.6 Å². The predicted octanol–water partition coefficient (Wildman–Crippen LogP) is 2.04. The molecule has 0 radical (unpaired) electrons. The van der Waals surface area contributed by atoms with Crippen LogP contribution in [0.4, 0.5) is 4.79 Å². The maximum Gasteiger partial charge on any atom is 0.412 e. The van der Waals surface area contributed by atoms with Crippen LogP contribution in [0, 0.1) is 0 Å². The van der Waals surface area contributed by atoms with Crippen LogP contribution in [0.5, 0.6) is 0 Å². The van der Waals surface area contributed by atoms with Crippen molar-refractivity contribution >= 4 is 23.5 Å². The SMILES string of the molecule is CCCCCCCCCCCCOC(=S)N[C@@H]1C(O)[C@@H](O)[C@H](O)C2COC(=O)N21. The molecular formula is C20H36N2O6S. The molecule has 0 aromatic heterocycles. The molecular weight excluding hydrogens is 396 g/mol. The van der Waals surface area contributed by atoms with E-state index in [1.54, 1.807) is 0 Å². The van der Waals surface area contributed by atoms with E-state index in [0.717, 1.165) is 12.8 Å². The lowest BCUT2D eigenvalue weighted by molar-refractivity contribution is -0.145. The van der Waals surface area contributed by atoms with Crippen LogP contribution < -0.4 is 5.32 Å². The van der Waals surface area contributed by atoms with E-state index in [9.17, 15) is 20.1 Å². The van der Waals surface area contributed by atoms with Crippen LogP contribution >= 0.6 is 12.2 Å². The zero-order valence-electron chi connectivity index (χ0n) is 17.3. The van der Waals surface area contributed by atoms with Gasteiger partial charge in [-0.3, -0.25) is 4.90 Å². The number of ether oxygens (including phenoxy) is 2. The second kappa shape index (κ2) is 12.5. The molecule has 2 fully saturated rings. The molecule has 29 heavy (non-hydrogen) atoms. The first-order valence-corrected chi connectivity index (χ1v) is 11.3. The van der Waals surface area contributed by atoms with Gasteiger partial charge in [-0.05, 0) is 18.6 Å². The molecule has 1 amide bonds. The average Bonchev–Trinajstić information content (AvgIpc) is 3.09. The summed E-state index contributed by atoms with van der Waals surface area (Å²) in [6.07, 6.45) is 6.46. The number of nitrogens with one attached hydrogen (secondary N) is 1. The first-order valence-electron chi connectivity index (χ1n) is 10.9. The molecule has 5 atom stereocenters. The van der Waals surface area contributed by atoms with E-state index in [0.29, 0.717) is 6.61 Å². The number of nitrogens with zero attached hydrogens (tertiary/aromatic N) is 1. The largest absolute Gasteiger partial charge is 0.471 e. The fraction of sp³-hybridized carbons (Fsp3) is 0.900. The molecule has 0 aliphatic carbocycles. The lowest BCUT2D eigenvalue weighted by Crippen LogP contribution is -2.70. The zero-order valence-corrected chi connectivity index (χ0v) is 18.1. The number of carbonyl (C=O) groups excluding carboxylic acids is 1. The first kappa shape index (κ1) is 24.1. The molecule has 8 nitrogen and oxygen atoms in total. The van der Waals surface area contributed by atoms with Gasteiger partial charge in [0.1, 0.15) is 31.1 Å². The molecule has 2 rings (SSSR count). The van der Waals surface area contributed by atoms with Gasteiger partial charge in [-0.1, -0.05) is 64.7 Å². The molecule has 2 aliphatic heterocycles. The van der Waals surface area contributed by atoms with Gasteiger partial charge >= 0.3 is 6.09 Å². The molecule has 4 N–H and O–H groups in total. The predicted molar refractivity (Wildman–Crippen MR) is 112 cm³/mol. The lowest BCUT2D eigenvalue weighted by atomic mass is 9.93. The molecule has 0 aromatic carbocycles. The minimum Gasteiger partial charge on any atom is -0.471 e. The van der Waals surface area contributed by atoms with Crippen molar-refractivity contribution in [2.45, 2.75) is 102 Å². The number of carbonyl (C=O) groups is 1. The molecule has 2 heterocycles. The minimum atomic E-state index is -1.41. The van der Waals surface area contributed by atoms with Crippen LogP contribution in [-0.2, 0) is 9.47 Å². The van der Waals surface area contributed by atoms with E-state index in [1.807, 2.05) is 0 Å². The molecule has 2 unspecified atom stereocenters. The molecule has 2 aliphatic rings. The summed E-state index contributed by atoms with van der Waals surface area (Å²) in [6, 6.07) is -0.733. The number of unbranched alkanes of at least 4 members (excludes halogenated alkanes) is 9. The van der Waals surface area contributed by atoms with Crippen molar-refractivity contribution in [2.75, 3.05) is 13.2 Å². The minimum absolute atomic E-state index is 0.0474. The van der Waals surface area contributed by atoms with Gasteiger partial charge < -0.3 is 30.1 Å². The molecule has 0 bridgehead atoms. The van der Waals surface area contributed by atoms with E-state index in [2.05, 4.69) is 12.2 Å². The maximum absolute atomic E-state index is 11.9. The van der Waals surface area contributed by atoms with Crippen LogP contribution in [0.1, 0.15) is 71.1 Å². The summed E-state index contributed by atoms with van der Waals surface area (Å²) < 4.78 is 10.4. The highest BCUT2D eigenvalue weighted by atomic mass is 32.1. The van der Waals surface area contributed by atoms with Crippen molar-refractivity contribution in [3.63, 3.8) is 0 Å². The first-order chi connectivity index (χ1) is 14.0. The number of hydrogen-bond acceptors (Lipinski definition) is 7. The Balaban J connectivity index is 1.60. The van der Waals surface area contributed by atoms with Crippen LogP contribution in [0.15, 0.2) is 0 Å². The number of piperidine rings is 1. The summed E-state index contributed by atoms with van der Waals surface area (Å²) in [5.41, 5.74) is 0. The highest BCUT2D eigenvalue weighted by Gasteiger charge is 2.54. The second-order valence-electron chi connectivity index (χ2n) is 7.93. The standard InChI is InChI=1S/C20H36N2O6S/c1-2-3-4-5-6-7-8-9-10-11-12-27-19(29)21-18-17(25)16(24)15(23)14-13-28-20(26)22(14)18/h14-18,23-25H,2-13H2,1H3,(H,21,29)/t14?,15-,16+,17?,18+/m1/s1.